The van der Waals surface area contributed by atoms with Crippen LogP contribution in [-0.4, -0.2) is 41.4 Å². The summed E-state index contributed by atoms with van der Waals surface area (Å²) in [5, 5.41) is 8.61. The SMILES string of the molecule is O=c1ccc(-n2cccn2)nn1CC1CCN(c2cnsn2)CC1. The van der Waals surface area contributed by atoms with Gasteiger partial charge in [0, 0.05) is 38.1 Å². The molecule has 1 aliphatic rings. The van der Waals surface area contributed by atoms with Crippen molar-refractivity contribution in [2.24, 2.45) is 5.92 Å². The van der Waals surface area contributed by atoms with Crippen molar-refractivity contribution in [2.45, 2.75) is 19.4 Å². The fourth-order valence-corrected chi connectivity index (χ4v) is 3.42. The molecule has 3 aromatic heterocycles. The molecule has 4 rings (SSSR count). The molecule has 24 heavy (non-hydrogen) atoms. The summed E-state index contributed by atoms with van der Waals surface area (Å²) in [4.78, 5) is 14.4. The van der Waals surface area contributed by atoms with Crippen LogP contribution in [0.2, 0.25) is 0 Å². The first-order chi connectivity index (χ1) is 11.8. The molecular formula is C15H17N7OS. The fourth-order valence-electron chi connectivity index (χ4n) is 2.98. The maximum absolute atomic E-state index is 12.1. The molecule has 0 aromatic carbocycles. The highest BCUT2D eigenvalue weighted by atomic mass is 32.1. The van der Waals surface area contributed by atoms with Crippen molar-refractivity contribution >= 4 is 17.5 Å². The Labute approximate surface area is 142 Å². The summed E-state index contributed by atoms with van der Waals surface area (Å²) in [5.74, 6) is 2.05. The van der Waals surface area contributed by atoms with Gasteiger partial charge in [-0.05, 0) is 30.9 Å². The summed E-state index contributed by atoms with van der Waals surface area (Å²) in [6, 6.07) is 5.09. The van der Waals surface area contributed by atoms with E-state index in [1.165, 1.54) is 11.7 Å². The van der Waals surface area contributed by atoms with Crippen LogP contribution in [0.3, 0.4) is 0 Å². The van der Waals surface area contributed by atoms with Crippen LogP contribution in [-0.2, 0) is 6.54 Å². The van der Waals surface area contributed by atoms with Crippen molar-refractivity contribution < 1.29 is 0 Å². The number of aromatic nitrogens is 6. The minimum absolute atomic E-state index is 0.0722. The monoisotopic (exact) mass is 343 g/mol. The molecule has 9 heteroatoms. The first-order valence-corrected chi connectivity index (χ1v) is 8.63. The predicted octanol–water partition coefficient (Wildman–Crippen LogP) is 1.20. The molecular weight excluding hydrogens is 326 g/mol. The standard InChI is InChI=1S/C15H17N7OS/c23-15-3-2-13(21-7-1-6-16-21)18-22(15)11-12-4-8-20(9-5-12)14-10-17-24-19-14/h1-3,6-7,10,12H,4-5,8-9,11H2. The van der Waals surface area contributed by atoms with Crippen molar-refractivity contribution in [2.75, 3.05) is 18.0 Å². The molecule has 3 aromatic rings. The van der Waals surface area contributed by atoms with Crippen molar-refractivity contribution in [3.8, 4) is 5.82 Å². The van der Waals surface area contributed by atoms with E-state index < -0.39 is 0 Å². The van der Waals surface area contributed by atoms with Gasteiger partial charge in [0.25, 0.3) is 5.56 Å². The first-order valence-electron chi connectivity index (χ1n) is 7.90. The highest BCUT2D eigenvalue weighted by Gasteiger charge is 2.21. The van der Waals surface area contributed by atoms with Gasteiger partial charge in [-0.3, -0.25) is 4.79 Å². The van der Waals surface area contributed by atoms with Crippen LogP contribution in [0.25, 0.3) is 5.82 Å². The van der Waals surface area contributed by atoms with Gasteiger partial charge in [0.1, 0.15) is 0 Å². The van der Waals surface area contributed by atoms with E-state index in [1.54, 1.807) is 27.7 Å². The Bertz CT molecular complexity index is 835. The summed E-state index contributed by atoms with van der Waals surface area (Å²) < 4.78 is 11.6. The summed E-state index contributed by atoms with van der Waals surface area (Å²) in [6.07, 6.45) is 7.34. The highest BCUT2D eigenvalue weighted by molar-refractivity contribution is 6.99. The van der Waals surface area contributed by atoms with Gasteiger partial charge < -0.3 is 4.90 Å². The van der Waals surface area contributed by atoms with E-state index in [4.69, 9.17) is 0 Å². The highest BCUT2D eigenvalue weighted by Crippen LogP contribution is 2.22. The number of hydrogen-bond acceptors (Lipinski definition) is 7. The molecule has 0 atom stereocenters. The zero-order valence-electron chi connectivity index (χ0n) is 13.0. The van der Waals surface area contributed by atoms with Crippen LogP contribution < -0.4 is 10.5 Å². The van der Waals surface area contributed by atoms with E-state index >= 15 is 0 Å². The van der Waals surface area contributed by atoms with Gasteiger partial charge in [-0.2, -0.15) is 13.8 Å². The quantitative estimate of drug-likeness (QED) is 0.708. The van der Waals surface area contributed by atoms with E-state index in [9.17, 15) is 4.79 Å². The van der Waals surface area contributed by atoms with Crippen LogP contribution in [0.5, 0.6) is 0 Å². The number of rotatable bonds is 4. The Hall–Kier alpha value is -2.55. The molecule has 1 saturated heterocycles. The summed E-state index contributed by atoms with van der Waals surface area (Å²) in [5.41, 5.74) is -0.0722. The number of anilines is 1. The molecule has 0 N–H and O–H groups in total. The summed E-state index contributed by atoms with van der Waals surface area (Å²) >= 11 is 1.23. The molecule has 0 amide bonds. The normalized spacial score (nSPS) is 15.8. The Balaban J connectivity index is 1.44. The molecule has 1 aliphatic heterocycles. The number of piperidine rings is 1. The van der Waals surface area contributed by atoms with E-state index in [0.717, 1.165) is 31.7 Å². The van der Waals surface area contributed by atoms with Gasteiger partial charge in [-0.15, -0.1) is 5.10 Å². The largest absolute Gasteiger partial charge is 0.354 e. The molecule has 0 spiro atoms. The zero-order valence-corrected chi connectivity index (χ0v) is 13.8. The second-order valence-electron chi connectivity index (χ2n) is 5.86. The predicted molar refractivity (Wildman–Crippen MR) is 90.5 cm³/mol. The lowest BCUT2D eigenvalue weighted by molar-refractivity contribution is 0.334. The molecule has 4 heterocycles. The van der Waals surface area contributed by atoms with Crippen LogP contribution in [0.4, 0.5) is 5.82 Å². The lowest BCUT2D eigenvalue weighted by atomic mass is 9.97. The third kappa shape index (κ3) is 3.07. The van der Waals surface area contributed by atoms with Crippen molar-refractivity contribution in [1.29, 1.82) is 0 Å². The average molecular weight is 343 g/mol. The first kappa shape index (κ1) is 15.0. The zero-order chi connectivity index (χ0) is 16.4. The average Bonchev–Trinajstić information content (AvgIpc) is 3.31. The topological polar surface area (TPSA) is 81.7 Å². The Morgan fingerprint density at radius 1 is 1.21 bits per heavy atom. The maximum Gasteiger partial charge on any atom is 0.266 e. The third-order valence-electron chi connectivity index (χ3n) is 4.31. The van der Waals surface area contributed by atoms with Crippen molar-refractivity contribution in [1.82, 2.24) is 28.3 Å². The van der Waals surface area contributed by atoms with E-state index in [0.29, 0.717) is 18.3 Å². The Kier molecular flexibility index (Phi) is 4.08. The van der Waals surface area contributed by atoms with Gasteiger partial charge in [-0.25, -0.2) is 9.36 Å². The van der Waals surface area contributed by atoms with Crippen molar-refractivity contribution in [3.05, 3.63) is 47.1 Å². The molecule has 0 bridgehead atoms. The molecule has 0 aliphatic carbocycles. The summed E-state index contributed by atoms with van der Waals surface area (Å²) in [6.45, 7) is 2.50. The van der Waals surface area contributed by atoms with E-state index in [2.05, 4.69) is 23.8 Å². The molecule has 0 saturated carbocycles. The molecule has 1 fully saturated rings. The van der Waals surface area contributed by atoms with Crippen LogP contribution >= 0.6 is 11.7 Å². The second kappa shape index (κ2) is 6.52. The molecule has 0 unspecified atom stereocenters. The lowest BCUT2D eigenvalue weighted by Crippen LogP contribution is -2.37. The maximum atomic E-state index is 12.1. The fraction of sp³-hybridized carbons (Fsp3) is 0.400. The molecule has 124 valence electrons. The minimum Gasteiger partial charge on any atom is -0.354 e. The second-order valence-corrected chi connectivity index (χ2v) is 6.42. The molecule has 0 radical (unpaired) electrons. The number of hydrogen-bond donors (Lipinski definition) is 0. The van der Waals surface area contributed by atoms with Gasteiger partial charge in [0.05, 0.1) is 17.9 Å². The number of nitrogens with zero attached hydrogens (tertiary/aromatic N) is 7. The minimum atomic E-state index is -0.0722. The van der Waals surface area contributed by atoms with E-state index in [1.807, 2.05) is 18.5 Å². The third-order valence-corrected chi connectivity index (χ3v) is 4.78. The van der Waals surface area contributed by atoms with Gasteiger partial charge >= 0.3 is 0 Å². The smallest absolute Gasteiger partial charge is 0.266 e. The Morgan fingerprint density at radius 3 is 2.79 bits per heavy atom. The van der Waals surface area contributed by atoms with Crippen LogP contribution in [0.1, 0.15) is 12.8 Å². The molecule has 8 nitrogen and oxygen atoms in total. The van der Waals surface area contributed by atoms with Gasteiger partial charge in [0.2, 0.25) is 0 Å². The van der Waals surface area contributed by atoms with Crippen LogP contribution in [0.15, 0.2) is 41.6 Å². The van der Waals surface area contributed by atoms with Crippen molar-refractivity contribution in [3.63, 3.8) is 0 Å². The lowest BCUT2D eigenvalue weighted by Gasteiger charge is -2.31. The van der Waals surface area contributed by atoms with Gasteiger partial charge in [0.15, 0.2) is 11.6 Å². The Morgan fingerprint density at radius 2 is 2.08 bits per heavy atom. The van der Waals surface area contributed by atoms with Gasteiger partial charge in [-0.1, -0.05) is 0 Å². The van der Waals surface area contributed by atoms with E-state index in [-0.39, 0.29) is 5.56 Å². The van der Waals surface area contributed by atoms with Crippen LogP contribution in [0, 0.1) is 5.92 Å². The summed E-state index contributed by atoms with van der Waals surface area (Å²) in [7, 11) is 0.